The summed E-state index contributed by atoms with van der Waals surface area (Å²) in [5.41, 5.74) is 0.336. The van der Waals surface area contributed by atoms with Crippen molar-refractivity contribution in [2.45, 2.75) is 0 Å². The van der Waals surface area contributed by atoms with Gasteiger partial charge in [-0.25, -0.2) is 4.79 Å². The van der Waals surface area contributed by atoms with Gasteiger partial charge in [-0.05, 0) is 12.3 Å². The highest BCUT2D eigenvalue weighted by Gasteiger charge is 2.06. The van der Waals surface area contributed by atoms with E-state index in [0.29, 0.717) is 12.1 Å². The van der Waals surface area contributed by atoms with Crippen LogP contribution in [0.4, 0.5) is 0 Å². The Morgan fingerprint density at radius 1 is 1.75 bits per heavy atom. The van der Waals surface area contributed by atoms with Gasteiger partial charge in [0, 0.05) is 12.7 Å². The Hall–Kier alpha value is -1.22. The second-order valence-electron chi connectivity index (χ2n) is 2.16. The second kappa shape index (κ2) is 4.62. The van der Waals surface area contributed by atoms with Gasteiger partial charge in [0.05, 0.1) is 5.57 Å². The molecule has 0 bridgehead atoms. The van der Waals surface area contributed by atoms with Crippen LogP contribution in [0.25, 0.3) is 0 Å². The van der Waals surface area contributed by atoms with Crippen LogP contribution in [0.5, 0.6) is 0 Å². The van der Waals surface area contributed by atoms with Crippen LogP contribution in [-0.4, -0.2) is 22.5 Å². The van der Waals surface area contributed by atoms with Crippen molar-refractivity contribution >= 4 is 18.4 Å². The lowest BCUT2D eigenvalue weighted by atomic mass is 10.2. The maximum atomic E-state index is 10.4. The average molecular weight is 188 g/mol. The highest BCUT2D eigenvalue weighted by atomic mass is 35.5. The number of halogens is 1. The summed E-state index contributed by atoms with van der Waals surface area (Å²) in [5.74, 6) is -0.884. The quantitative estimate of drug-likeness (QED) is 0.711. The number of carboxylic acids is 1. The molecule has 0 aliphatic carbocycles. The van der Waals surface area contributed by atoms with E-state index in [0.717, 1.165) is 0 Å². The van der Waals surface area contributed by atoms with E-state index in [2.05, 4.69) is 6.58 Å². The minimum atomic E-state index is -0.884. The molecule has 0 spiro atoms. The predicted octanol–water partition coefficient (Wildman–Crippen LogP) is 1.39. The van der Waals surface area contributed by atoms with E-state index in [1.165, 1.54) is 0 Å². The van der Waals surface area contributed by atoms with Crippen molar-refractivity contribution in [2.75, 3.05) is 6.54 Å². The molecule has 0 aromatic carbocycles. The molecule has 1 rings (SSSR count). The number of nitrogens with zero attached hydrogens (tertiary/aromatic N) is 1. The lowest BCUT2D eigenvalue weighted by molar-refractivity contribution is -0.132. The number of carbonyl (C=O) groups is 1. The lowest BCUT2D eigenvalue weighted by Crippen LogP contribution is -2.14. The van der Waals surface area contributed by atoms with Crippen molar-refractivity contribution in [3.8, 4) is 0 Å². The first kappa shape index (κ1) is 10.8. The van der Waals surface area contributed by atoms with E-state index in [1.54, 1.807) is 29.5 Å². The van der Waals surface area contributed by atoms with Crippen molar-refractivity contribution in [3.05, 3.63) is 36.7 Å². The fraction of sp³-hybridized carbons (Fsp3) is 0.125. The molecule has 0 saturated heterocycles. The van der Waals surface area contributed by atoms with Gasteiger partial charge in [-0.1, -0.05) is 12.7 Å². The summed E-state index contributed by atoms with van der Waals surface area (Å²) in [4.78, 5) is 12.2. The molecule has 1 N–H and O–H groups in total. The summed E-state index contributed by atoms with van der Waals surface area (Å²) in [5, 5.41) is 8.53. The largest absolute Gasteiger partial charge is 0.478 e. The predicted molar refractivity (Wildman–Crippen MR) is 49.0 cm³/mol. The first-order chi connectivity index (χ1) is 5.24. The van der Waals surface area contributed by atoms with E-state index in [1.807, 2.05) is 0 Å². The molecule has 1 heterocycles. The number of hydrogen-bond acceptors (Lipinski definition) is 2. The molecule has 0 atom stereocenters. The molecule has 0 amide bonds. The topological polar surface area (TPSA) is 40.5 Å². The van der Waals surface area contributed by atoms with Gasteiger partial charge in [-0.3, -0.25) is 0 Å². The van der Waals surface area contributed by atoms with Crippen LogP contribution in [0.15, 0.2) is 36.7 Å². The molecule has 0 aromatic heterocycles. The first-order valence-electron chi connectivity index (χ1n) is 3.24. The minimum absolute atomic E-state index is 0. The van der Waals surface area contributed by atoms with E-state index in [9.17, 15) is 4.79 Å². The molecule has 12 heavy (non-hydrogen) atoms. The first-order valence-corrected chi connectivity index (χ1v) is 3.24. The zero-order valence-corrected chi connectivity index (χ0v) is 7.25. The van der Waals surface area contributed by atoms with Gasteiger partial charge in [-0.2, -0.15) is 0 Å². The van der Waals surface area contributed by atoms with E-state index in [-0.39, 0.29) is 12.4 Å². The molecule has 0 saturated carbocycles. The second-order valence-corrected chi connectivity index (χ2v) is 2.16. The third kappa shape index (κ3) is 2.43. The number of aliphatic carboxylic acids is 1. The molecule has 1 aliphatic rings. The molecular weight excluding hydrogens is 178 g/mol. The Labute approximate surface area is 77.1 Å². The summed E-state index contributed by atoms with van der Waals surface area (Å²) < 4.78 is 0. The molecular formula is C8H10ClNO2. The van der Waals surface area contributed by atoms with Crippen LogP contribution in [0, 0.1) is 0 Å². The van der Waals surface area contributed by atoms with Gasteiger partial charge in [0.1, 0.15) is 0 Å². The van der Waals surface area contributed by atoms with Gasteiger partial charge < -0.3 is 10.0 Å². The molecule has 1 aliphatic heterocycles. The summed E-state index contributed by atoms with van der Waals surface area (Å²) in [7, 11) is 0. The van der Waals surface area contributed by atoms with Crippen LogP contribution in [0.3, 0.4) is 0 Å². The van der Waals surface area contributed by atoms with Crippen molar-refractivity contribution < 1.29 is 9.90 Å². The average Bonchev–Trinajstić information content (AvgIpc) is 2.05. The van der Waals surface area contributed by atoms with Crippen LogP contribution in [-0.2, 0) is 4.79 Å². The van der Waals surface area contributed by atoms with Crippen molar-refractivity contribution in [3.63, 3.8) is 0 Å². The van der Waals surface area contributed by atoms with Gasteiger partial charge in [0.25, 0.3) is 0 Å². The van der Waals surface area contributed by atoms with Crippen molar-refractivity contribution in [1.82, 2.24) is 4.90 Å². The maximum Gasteiger partial charge on any atom is 0.335 e. The maximum absolute atomic E-state index is 10.4. The van der Waals surface area contributed by atoms with Crippen molar-refractivity contribution in [2.24, 2.45) is 0 Å². The number of hydrogen-bond donors (Lipinski definition) is 1. The fourth-order valence-electron chi connectivity index (χ4n) is 0.803. The van der Waals surface area contributed by atoms with Crippen LogP contribution in [0.1, 0.15) is 0 Å². The zero-order valence-electron chi connectivity index (χ0n) is 6.43. The Kier molecular flexibility index (Phi) is 4.15. The summed E-state index contributed by atoms with van der Waals surface area (Å²) in [6, 6.07) is 0. The molecule has 0 fully saturated rings. The standard InChI is InChI=1S/C8H9NO2.ClH/c1-2-9-5-3-7(4-6-9)8(10)11;/h2-5H,1,6H2,(H,10,11);1H. The monoisotopic (exact) mass is 187 g/mol. The Morgan fingerprint density at radius 3 is 2.75 bits per heavy atom. The van der Waals surface area contributed by atoms with Crippen LogP contribution < -0.4 is 0 Å². The van der Waals surface area contributed by atoms with Crippen molar-refractivity contribution in [1.29, 1.82) is 0 Å². The molecule has 66 valence electrons. The Bertz CT molecular complexity index is 245. The smallest absolute Gasteiger partial charge is 0.335 e. The molecule has 0 unspecified atom stereocenters. The fourth-order valence-corrected chi connectivity index (χ4v) is 0.803. The summed E-state index contributed by atoms with van der Waals surface area (Å²) >= 11 is 0. The number of rotatable bonds is 2. The summed E-state index contributed by atoms with van der Waals surface area (Å²) in [6.07, 6.45) is 6.53. The number of carboxylic acid groups (broad SMARTS) is 1. The summed E-state index contributed by atoms with van der Waals surface area (Å²) in [6.45, 7) is 4.14. The van der Waals surface area contributed by atoms with Gasteiger partial charge in [0.2, 0.25) is 0 Å². The Balaban J connectivity index is 0.00000121. The third-order valence-electron chi connectivity index (χ3n) is 1.45. The highest BCUT2D eigenvalue weighted by Crippen LogP contribution is 2.06. The van der Waals surface area contributed by atoms with E-state index in [4.69, 9.17) is 5.11 Å². The van der Waals surface area contributed by atoms with Crippen LogP contribution in [0.2, 0.25) is 0 Å². The molecule has 0 aromatic rings. The van der Waals surface area contributed by atoms with Gasteiger partial charge >= 0.3 is 5.97 Å². The SMILES string of the molecule is C=CN1C=CC(C(=O)O)=CC1.Cl. The van der Waals surface area contributed by atoms with Crippen LogP contribution >= 0.6 is 12.4 Å². The third-order valence-corrected chi connectivity index (χ3v) is 1.45. The van der Waals surface area contributed by atoms with E-state index < -0.39 is 5.97 Å². The lowest BCUT2D eigenvalue weighted by Gasteiger charge is -2.15. The van der Waals surface area contributed by atoms with E-state index >= 15 is 0 Å². The van der Waals surface area contributed by atoms with Gasteiger partial charge in [0.15, 0.2) is 0 Å². The normalized spacial score (nSPS) is 14.7. The van der Waals surface area contributed by atoms with Gasteiger partial charge in [-0.15, -0.1) is 12.4 Å². The zero-order chi connectivity index (χ0) is 8.27. The molecule has 0 radical (unpaired) electrons. The highest BCUT2D eigenvalue weighted by molar-refractivity contribution is 5.90. The molecule has 3 nitrogen and oxygen atoms in total. The Morgan fingerprint density at radius 2 is 2.42 bits per heavy atom. The minimum Gasteiger partial charge on any atom is -0.478 e. The molecule has 4 heteroatoms.